The van der Waals surface area contributed by atoms with Crippen molar-refractivity contribution in [3.8, 4) is 0 Å². The number of nitrogens with zero attached hydrogens (tertiary/aromatic N) is 1. The highest BCUT2D eigenvalue weighted by molar-refractivity contribution is 5.56. The molecule has 19 heavy (non-hydrogen) atoms. The standard InChI is InChI=1S/C16H26N2O/c1-13(17-2)15-9-3-4-10-16(15)18-11-5-7-14(18)8-6-12-19/h3-4,9-10,13-14,17,19H,5-8,11-12H2,1-2H3. The van der Waals surface area contributed by atoms with E-state index >= 15 is 0 Å². The monoisotopic (exact) mass is 262 g/mol. The first-order valence-corrected chi connectivity index (χ1v) is 7.41. The number of rotatable bonds is 6. The van der Waals surface area contributed by atoms with Crippen LogP contribution in [0.25, 0.3) is 0 Å². The van der Waals surface area contributed by atoms with E-state index in [-0.39, 0.29) is 0 Å². The Kier molecular flexibility index (Phi) is 5.23. The molecule has 0 bridgehead atoms. The van der Waals surface area contributed by atoms with E-state index < -0.39 is 0 Å². The van der Waals surface area contributed by atoms with Crippen LogP contribution in [0, 0.1) is 0 Å². The van der Waals surface area contributed by atoms with Gasteiger partial charge >= 0.3 is 0 Å². The lowest BCUT2D eigenvalue weighted by atomic mass is 10.0. The van der Waals surface area contributed by atoms with Gasteiger partial charge in [0.1, 0.15) is 0 Å². The smallest absolute Gasteiger partial charge is 0.0431 e. The van der Waals surface area contributed by atoms with Crippen LogP contribution >= 0.6 is 0 Å². The fourth-order valence-electron chi connectivity index (χ4n) is 3.05. The highest BCUT2D eigenvalue weighted by atomic mass is 16.2. The predicted octanol–water partition coefficient (Wildman–Crippen LogP) is 2.71. The molecule has 106 valence electrons. The zero-order valence-electron chi connectivity index (χ0n) is 12.1. The Bertz CT molecular complexity index is 394. The summed E-state index contributed by atoms with van der Waals surface area (Å²) in [5, 5.41) is 12.4. The van der Waals surface area contributed by atoms with Crippen molar-refractivity contribution in [1.82, 2.24) is 5.32 Å². The lowest BCUT2D eigenvalue weighted by Gasteiger charge is -2.30. The largest absolute Gasteiger partial charge is 0.396 e. The van der Waals surface area contributed by atoms with Crippen molar-refractivity contribution in [2.75, 3.05) is 25.1 Å². The predicted molar refractivity (Wildman–Crippen MR) is 80.6 cm³/mol. The molecule has 2 rings (SSSR count). The van der Waals surface area contributed by atoms with Crippen LogP contribution in [0.5, 0.6) is 0 Å². The van der Waals surface area contributed by atoms with Gasteiger partial charge in [0.05, 0.1) is 0 Å². The summed E-state index contributed by atoms with van der Waals surface area (Å²) in [6.45, 7) is 3.65. The summed E-state index contributed by atoms with van der Waals surface area (Å²) in [4.78, 5) is 2.54. The first-order chi connectivity index (χ1) is 9.27. The number of anilines is 1. The Morgan fingerprint density at radius 1 is 1.42 bits per heavy atom. The van der Waals surface area contributed by atoms with Crippen molar-refractivity contribution in [1.29, 1.82) is 0 Å². The van der Waals surface area contributed by atoms with Crippen LogP contribution in [0.15, 0.2) is 24.3 Å². The normalized spacial score (nSPS) is 20.8. The molecule has 0 aromatic heterocycles. The maximum Gasteiger partial charge on any atom is 0.0431 e. The summed E-state index contributed by atoms with van der Waals surface area (Å²) >= 11 is 0. The Labute approximate surface area is 116 Å². The average molecular weight is 262 g/mol. The molecule has 1 aromatic rings. The zero-order chi connectivity index (χ0) is 13.7. The van der Waals surface area contributed by atoms with Gasteiger partial charge in [-0.2, -0.15) is 0 Å². The molecule has 1 aromatic carbocycles. The second-order valence-electron chi connectivity index (χ2n) is 5.42. The van der Waals surface area contributed by atoms with Gasteiger partial charge in [0.2, 0.25) is 0 Å². The molecule has 3 heteroatoms. The van der Waals surface area contributed by atoms with Crippen molar-refractivity contribution >= 4 is 5.69 Å². The second-order valence-corrected chi connectivity index (χ2v) is 5.42. The van der Waals surface area contributed by atoms with Crippen molar-refractivity contribution in [2.24, 2.45) is 0 Å². The Balaban J connectivity index is 2.20. The van der Waals surface area contributed by atoms with Gasteiger partial charge in [0, 0.05) is 30.9 Å². The van der Waals surface area contributed by atoms with E-state index in [0.717, 1.165) is 19.4 Å². The minimum atomic E-state index is 0.304. The van der Waals surface area contributed by atoms with E-state index in [1.165, 1.54) is 24.1 Å². The molecule has 3 nitrogen and oxygen atoms in total. The van der Waals surface area contributed by atoms with E-state index in [1.807, 2.05) is 7.05 Å². The van der Waals surface area contributed by atoms with Gasteiger partial charge in [-0.3, -0.25) is 0 Å². The first kappa shape index (κ1) is 14.4. The van der Waals surface area contributed by atoms with Crippen molar-refractivity contribution in [2.45, 2.75) is 44.7 Å². The van der Waals surface area contributed by atoms with E-state index in [0.29, 0.717) is 18.7 Å². The summed E-state index contributed by atoms with van der Waals surface area (Å²) in [6, 6.07) is 9.67. The third kappa shape index (κ3) is 3.28. The van der Waals surface area contributed by atoms with Gasteiger partial charge in [-0.05, 0) is 51.3 Å². The van der Waals surface area contributed by atoms with Gasteiger partial charge in [0.15, 0.2) is 0 Å². The number of aliphatic hydroxyl groups excluding tert-OH is 1. The molecule has 1 aliphatic heterocycles. The van der Waals surface area contributed by atoms with Gasteiger partial charge in [-0.15, -0.1) is 0 Å². The average Bonchev–Trinajstić information content (AvgIpc) is 2.92. The summed E-state index contributed by atoms with van der Waals surface area (Å²) < 4.78 is 0. The number of nitrogens with one attached hydrogen (secondary N) is 1. The van der Waals surface area contributed by atoms with Gasteiger partial charge < -0.3 is 15.3 Å². The number of aliphatic hydroxyl groups is 1. The topological polar surface area (TPSA) is 35.5 Å². The third-order valence-corrected chi connectivity index (χ3v) is 4.22. The van der Waals surface area contributed by atoms with Crippen LogP contribution in [0.2, 0.25) is 0 Å². The molecule has 2 unspecified atom stereocenters. The lowest BCUT2D eigenvalue weighted by Crippen LogP contribution is -2.31. The van der Waals surface area contributed by atoms with Gasteiger partial charge in [-0.25, -0.2) is 0 Å². The Hall–Kier alpha value is -1.06. The molecule has 0 radical (unpaired) electrons. The molecule has 0 saturated carbocycles. The van der Waals surface area contributed by atoms with E-state index in [4.69, 9.17) is 5.11 Å². The number of benzene rings is 1. The molecular formula is C16H26N2O. The second kappa shape index (κ2) is 6.92. The van der Waals surface area contributed by atoms with Crippen molar-refractivity contribution in [3.05, 3.63) is 29.8 Å². The molecule has 2 N–H and O–H groups in total. The number of hydrogen-bond donors (Lipinski definition) is 2. The molecule has 0 aliphatic carbocycles. The van der Waals surface area contributed by atoms with Crippen LogP contribution in [-0.4, -0.2) is 31.3 Å². The van der Waals surface area contributed by atoms with Crippen molar-refractivity contribution in [3.63, 3.8) is 0 Å². The van der Waals surface area contributed by atoms with Crippen LogP contribution < -0.4 is 10.2 Å². The molecule has 1 aliphatic rings. The minimum Gasteiger partial charge on any atom is -0.396 e. The summed E-state index contributed by atoms with van der Waals surface area (Å²) in [6.07, 6.45) is 4.52. The van der Waals surface area contributed by atoms with Crippen LogP contribution in [0.3, 0.4) is 0 Å². The van der Waals surface area contributed by atoms with E-state index in [1.54, 1.807) is 0 Å². The fraction of sp³-hybridized carbons (Fsp3) is 0.625. The van der Waals surface area contributed by atoms with Crippen LogP contribution in [-0.2, 0) is 0 Å². The zero-order valence-corrected chi connectivity index (χ0v) is 12.1. The minimum absolute atomic E-state index is 0.304. The summed E-state index contributed by atoms with van der Waals surface area (Å²) in [5.41, 5.74) is 2.74. The maximum atomic E-state index is 9.04. The number of hydrogen-bond acceptors (Lipinski definition) is 3. The molecule has 2 atom stereocenters. The molecule has 0 amide bonds. The molecule has 1 heterocycles. The van der Waals surface area contributed by atoms with Crippen LogP contribution in [0.1, 0.15) is 44.2 Å². The number of para-hydroxylation sites is 1. The maximum absolute atomic E-state index is 9.04. The summed E-state index contributed by atoms with van der Waals surface area (Å²) in [5.74, 6) is 0. The highest BCUT2D eigenvalue weighted by Crippen LogP contribution is 2.33. The van der Waals surface area contributed by atoms with Gasteiger partial charge in [0.25, 0.3) is 0 Å². The summed E-state index contributed by atoms with van der Waals surface area (Å²) in [7, 11) is 2.01. The molecule has 1 fully saturated rings. The van der Waals surface area contributed by atoms with Crippen molar-refractivity contribution < 1.29 is 5.11 Å². The SMILES string of the molecule is CNC(C)c1ccccc1N1CCCC1CCCO. The molecule has 1 saturated heterocycles. The van der Waals surface area contributed by atoms with Crippen LogP contribution in [0.4, 0.5) is 5.69 Å². The molecule has 0 spiro atoms. The van der Waals surface area contributed by atoms with Gasteiger partial charge in [-0.1, -0.05) is 18.2 Å². The molecular weight excluding hydrogens is 236 g/mol. The van der Waals surface area contributed by atoms with E-state index in [9.17, 15) is 0 Å². The Morgan fingerprint density at radius 2 is 2.21 bits per heavy atom. The fourth-order valence-corrected chi connectivity index (χ4v) is 3.05. The quantitative estimate of drug-likeness (QED) is 0.827. The highest BCUT2D eigenvalue weighted by Gasteiger charge is 2.26. The third-order valence-electron chi connectivity index (χ3n) is 4.22. The Morgan fingerprint density at radius 3 is 2.95 bits per heavy atom. The lowest BCUT2D eigenvalue weighted by molar-refractivity contribution is 0.279. The van der Waals surface area contributed by atoms with E-state index in [2.05, 4.69) is 41.4 Å². The first-order valence-electron chi connectivity index (χ1n) is 7.41.